The van der Waals surface area contributed by atoms with Gasteiger partial charge >= 0.3 is 0 Å². The third-order valence-corrected chi connectivity index (χ3v) is 1.76. The highest BCUT2D eigenvalue weighted by Gasteiger charge is 2.01. The first-order valence-electron chi connectivity index (χ1n) is 4.02. The summed E-state index contributed by atoms with van der Waals surface area (Å²) in [5.41, 5.74) is 1.71. The molecule has 0 spiro atoms. The van der Waals surface area contributed by atoms with Crippen molar-refractivity contribution in [1.82, 2.24) is 9.78 Å². The van der Waals surface area contributed by atoms with Crippen LogP contribution in [0.4, 0.5) is 0 Å². The highest BCUT2D eigenvalue weighted by molar-refractivity contribution is 5.13. The number of aromatic nitrogens is 2. The maximum Gasteiger partial charge on any atom is 0.0715 e. The molecule has 0 radical (unpaired) electrons. The Morgan fingerprint density at radius 3 is 2.75 bits per heavy atom. The fourth-order valence-corrected chi connectivity index (χ4v) is 1.06. The zero-order chi connectivity index (χ0) is 8.97. The summed E-state index contributed by atoms with van der Waals surface area (Å²) in [6.45, 7) is 2.77. The largest absolute Gasteiger partial charge is 0.396 e. The van der Waals surface area contributed by atoms with Gasteiger partial charge in [0.2, 0.25) is 0 Å². The van der Waals surface area contributed by atoms with E-state index in [9.17, 15) is 0 Å². The molecule has 4 heteroatoms. The van der Waals surface area contributed by atoms with Crippen LogP contribution < -0.4 is 0 Å². The first-order valence-corrected chi connectivity index (χ1v) is 4.02. The molecule has 0 aliphatic rings. The maximum atomic E-state index is 8.85. The molecule has 0 aliphatic carbocycles. The van der Waals surface area contributed by atoms with Crippen LogP contribution >= 0.6 is 0 Å². The number of aryl methyl sites for hydroxylation is 2. The zero-order valence-electron chi connectivity index (χ0n) is 7.19. The quantitative estimate of drug-likeness (QED) is 0.672. The minimum atomic E-state index is 0.0327. The lowest BCUT2D eigenvalue weighted by Gasteiger charge is -1.96. The lowest BCUT2D eigenvalue weighted by atomic mass is 10.3. The summed E-state index contributed by atoms with van der Waals surface area (Å²) in [5.74, 6) is 0. The molecule has 1 rings (SSSR count). The molecule has 12 heavy (non-hydrogen) atoms. The molecule has 1 aromatic rings. The first kappa shape index (κ1) is 9.22. The minimum Gasteiger partial charge on any atom is -0.396 e. The van der Waals surface area contributed by atoms with E-state index in [2.05, 4.69) is 5.10 Å². The fourth-order valence-electron chi connectivity index (χ4n) is 1.06. The molecule has 2 N–H and O–H groups in total. The number of nitrogens with zero attached hydrogens (tertiary/aromatic N) is 2. The van der Waals surface area contributed by atoms with Crippen LogP contribution in [0.1, 0.15) is 17.7 Å². The molecule has 0 atom stereocenters. The molecule has 0 unspecified atom stereocenters. The number of hydrogen-bond acceptors (Lipinski definition) is 3. The molecule has 4 nitrogen and oxygen atoms in total. The van der Waals surface area contributed by atoms with Crippen molar-refractivity contribution < 1.29 is 10.2 Å². The lowest BCUT2D eigenvalue weighted by Crippen LogP contribution is -2.00. The molecule has 0 aromatic carbocycles. The van der Waals surface area contributed by atoms with Gasteiger partial charge in [-0.2, -0.15) is 5.10 Å². The van der Waals surface area contributed by atoms with E-state index in [4.69, 9.17) is 10.2 Å². The van der Waals surface area contributed by atoms with Gasteiger partial charge in [-0.15, -0.1) is 0 Å². The van der Waals surface area contributed by atoms with Crippen LogP contribution in [0, 0.1) is 6.92 Å². The van der Waals surface area contributed by atoms with E-state index in [1.54, 1.807) is 4.68 Å². The van der Waals surface area contributed by atoms with Crippen LogP contribution in [0.5, 0.6) is 0 Å². The number of hydrogen-bond donors (Lipinski definition) is 2. The lowest BCUT2D eigenvalue weighted by molar-refractivity contribution is 0.276. The molecular weight excluding hydrogens is 156 g/mol. The minimum absolute atomic E-state index is 0.0327. The Bertz CT molecular complexity index is 245. The molecule has 0 saturated heterocycles. The predicted molar refractivity (Wildman–Crippen MR) is 44.6 cm³/mol. The van der Waals surface area contributed by atoms with Gasteiger partial charge < -0.3 is 10.2 Å². The molecule has 1 aromatic heterocycles. The Morgan fingerprint density at radius 1 is 1.50 bits per heavy atom. The van der Waals surface area contributed by atoms with Gasteiger partial charge in [0.15, 0.2) is 0 Å². The second-order valence-corrected chi connectivity index (χ2v) is 2.74. The Hall–Kier alpha value is -0.870. The molecular formula is C8H14N2O2. The monoisotopic (exact) mass is 170 g/mol. The van der Waals surface area contributed by atoms with Gasteiger partial charge in [-0.1, -0.05) is 0 Å². The maximum absolute atomic E-state index is 8.85. The standard InChI is InChI=1S/C8H14N2O2/c1-7-8(6-12)5-10(9-7)3-2-4-11/h5,11-12H,2-4,6H2,1H3. The summed E-state index contributed by atoms with van der Waals surface area (Å²) in [4.78, 5) is 0. The van der Waals surface area contributed by atoms with E-state index in [0.29, 0.717) is 13.0 Å². The van der Waals surface area contributed by atoms with Crippen molar-refractivity contribution in [3.63, 3.8) is 0 Å². The first-order chi connectivity index (χ1) is 5.77. The second kappa shape index (κ2) is 4.23. The number of aliphatic hydroxyl groups is 2. The smallest absolute Gasteiger partial charge is 0.0715 e. The van der Waals surface area contributed by atoms with E-state index >= 15 is 0 Å². The molecule has 0 aliphatic heterocycles. The van der Waals surface area contributed by atoms with Crippen LogP contribution in [-0.4, -0.2) is 26.6 Å². The third-order valence-electron chi connectivity index (χ3n) is 1.76. The van der Waals surface area contributed by atoms with Gasteiger partial charge in [-0.05, 0) is 13.3 Å². The summed E-state index contributed by atoms with van der Waals surface area (Å²) in [5, 5.41) is 21.6. The molecule has 68 valence electrons. The Kier molecular flexibility index (Phi) is 3.25. The van der Waals surface area contributed by atoms with Crippen molar-refractivity contribution in [2.45, 2.75) is 26.5 Å². The molecule has 0 fully saturated rings. The topological polar surface area (TPSA) is 58.3 Å². The van der Waals surface area contributed by atoms with Gasteiger partial charge in [-0.3, -0.25) is 4.68 Å². The van der Waals surface area contributed by atoms with Crippen LogP contribution in [0.25, 0.3) is 0 Å². The highest BCUT2D eigenvalue weighted by Crippen LogP contribution is 2.05. The van der Waals surface area contributed by atoms with E-state index < -0.39 is 0 Å². The van der Waals surface area contributed by atoms with Crippen LogP contribution in [0.15, 0.2) is 6.20 Å². The van der Waals surface area contributed by atoms with E-state index in [1.807, 2.05) is 13.1 Å². The van der Waals surface area contributed by atoms with Crippen molar-refractivity contribution in [3.8, 4) is 0 Å². The SMILES string of the molecule is Cc1nn(CCCO)cc1CO. The Labute approximate surface area is 71.5 Å². The average Bonchev–Trinajstić information content (AvgIpc) is 2.43. The number of rotatable bonds is 4. The van der Waals surface area contributed by atoms with Crippen molar-refractivity contribution in [1.29, 1.82) is 0 Å². The van der Waals surface area contributed by atoms with E-state index in [-0.39, 0.29) is 13.2 Å². The van der Waals surface area contributed by atoms with Crippen molar-refractivity contribution in [2.24, 2.45) is 0 Å². The van der Waals surface area contributed by atoms with Gasteiger partial charge in [0.05, 0.1) is 12.3 Å². The zero-order valence-corrected chi connectivity index (χ0v) is 7.19. The average molecular weight is 170 g/mol. The molecule has 1 heterocycles. The van der Waals surface area contributed by atoms with Crippen LogP contribution in [-0.2, 0) is 13.2 Å². The van der Waals surface area contributed by atoms with E-state index in [0.717, 1.165) is 11.3 Å². The summed E-state index contributed by atoms with van der Waals surface area (Å²) < 4.78 is 1.75. The fraction of sp³-hybridized carbons (Fsp3) is 0.625. The van der Waals surface area contributed by atoms with E-state index in [1.165, 1.54) is 0 Å². The van der Waals surface area contributed by atoms with Crippen LogP contribution in [0.2, 0.25) is 0 Å². The molecule has 0 saturated carbocycles. The molecule has 0 amide bonds. The second-order valence-electron chi connectivity index (χ2n) is 2.74. The summed E-state index contributed by atoms with van der Waals surface area (Å²) in [6, 6.07) is 0. The van der Waals surface area contributed by atoms with Gasteiger partial charge in [0, 0.05) is 24.9 Å². The van der Waals surface area contributed by atoms with Gasteiger partial charge in [-0.25, -0.2) is 0 Å². The van der Waals surface area contributed by atoms with Crippen molar-refractivity contribution in [3.05, 3.63) is 17.5 Å². The van der Waals surface area contributed by atoms with Gasteiger partial charge in [0.25, 0.3) is 0 Å². The van der Waals surface area contributed by atoms with Crippen LogP contribution in [0.3, 0.4) is 0 Å². The predicted octanol–water partition coefficient (Wildman–Crippen LogP) is 0.0662. The number of aliphatic hydroxyl groups excluding tert-OH is 2. The Balaban J connectivity index is 2.62. The Morgan fingerprint density at radius 2 is 2.25 bits per heavy atom. The summed E-state index contributed by atoms with van der Waals surface area (Å²) >= 11 is 0. The summed E-state index contributed by atoms with van der Waals surface area (Å²) in [6.07, 6.45) is 2.51. The van der Waals surface area contributed by atoms with Crippen molar-refractivity contribution >= 4 is 0 Å². The molecule has 0 bridgehead atoms. The third kappa shape index (κ3) is 2.06. The van der Waals surface area contributed by atoms with Crippen molar-refractivity contribution in [2.75, 3.05) is 6.61 Å². The summed E-state index contributed by atoms with van der Waals surface area (Å²) in [7, 11) is 0. The normalized spacial score (nSPS) is 10.6. The highest BCUT2D eigenvalue weighted by atomic mass is 16.3. The van der Waals surface area contributed by atoms with Gasteiger partial charge in [0.1, 0.15) is 0 Å².